The number of halogens is 1. The van der Waals surface area contributed by atoms with Gasteiger partial charge in [0, 0.05) is 18.7 Å². The molecule has 1 amide bonds. The van der Waals surface area contributed by atoms with Crippen molar-refractivity contribution in [2.45, 2.75) is 19.3 Å². The number of carbonyl (C=O) groups is 1. The van der Waals surface area contributed by atoms with E-state index in [1.807, 2.05) is 4.90 Å². The van der Waals surface area contributed by atoms with E-state index in [4.69, 9.17) is 4.42 Å². The number of hydrogen-bond acceptors (Lipinski definition) is 6. The minimum absolute atomic E-state index is 0.0763. The van der Waals surface area contributed by atoms with Crippen molar-refractivity contribution in [3.63, 3.8) is 0 Å². The molecule has 0 atom stereocenters. The average Bonchev–Trinajstić information content (AvgIpc) is 3.02. The number of aromatic nitrogens is 2. The summed E-state index contributed by atoms with van der Waals surface area (Å²) in [7, 11) is 0. The van der Waals surface area contributed by atoms with Crippen molar-refractivity contribution in [3.8, 4) is 0 Å². The molecule has 2 aliphatic rings. The first-order chi connectivity index (χ1) is 11.7. The highest BCUT2D eigenvalue weighted by molar-refractivity contribution is 6.17. The molecule has 124 valence electrons. The first-order valence-corrected chi connectivity index (χ1v) is 7.94. The molecule has 0 unspecified atom stereocenters. The van der Waals surface area contributed by atoms with Gasteiger partial charge in [0.1, 0.15) is 18.1 Å². The first-order valence-electron chi connectivity index (χ1n) is 7.94. The summed E-state index contributed by atoms with van der Waals surface area (Å²) in [4.78, 5) is 18.0. The molecule has 1 aromatic heterocycles. The number of hydrogen-bond donors (Lipinski definition) is 1. The smallest absolute Gasteiger partial charge is 0.318 e. The van der Waals surface area contributed by atoms with E-state index in [1.165, 1.54) is 24.6 Å². The van der Waals surface area contributed by atoms with Crippen LogP contribution >= 0.6 is 0 Å². The fourth-order valence-electron chi connectivity index (χ4n) is 2.95. The van der Waals surface area contributed by atoms with Crippen LogP contribution in [0.4, 0.5) is 16.1 Å². The van der Waals surface area contributed by atoms with Gasteiger partial charge in [-0.25, -0.2) is 4.39 Å². The second kappa shape index (κ2) is 6.03. The maximum absolute atomic E-state index is 13.7. The zero-order valence-electron chi connectivity index (χ0n) is 13.0. The van der Waals surface area contributed by atoms with Crippen LogP contribution in [-0.2, 0) is 4.79 Å². The van der Waals surface area contributed by atoms with Crippen molar-refractivity contribution in [1.82, 2.24) is 10.2 Å². The van der Waals surface area contributed by atoms with E-state index in [-0.39, 0.29) is 18.3 Å². The Morgan fingerprint density at radius 1 is 1.17 bits per heavy atom. The Labute approximate surface area is 137 Å². The number of rotatable bonds is 2. The number of anilines is 2. The highest BCUT2D eigenvalue weighted by Gasteiger charge is 2.24. The molecule has 2 aliphatic heterocycles. The van der Waals surface area contributed by atoms with Crippen LogP contribution in [0, 0.1) is 5.82 Å². The monoisotopic (exact) mass is 329 g/mol. The Balaban J connectivity index is 1.72. The van der Waals surface area contributed by atoms with Gasteiger partial charge in [-0.15, -0.1) is 5.10 Å². The van der Waals surface area contributed by atoms with Crippen LogP contribution in [0.3, 0.4) is 0 Å². The number of fused-ring (bicyclic) bond motifs is 1. The van der Waals surface area contributed by atoms with Gasteiger partial charge in [0.05, 0.1) is 5.69 Å². The fourth-order valence-corrected chi connectivity index (χ4v) is 2.95. The van der Waals surface area contributed by atoms with Crippen molar-refractivity contribution in [2.24, 2.45) is 4.99 Å². The molecule has 1 saturated heterocycles. The van der Waals surface area contributed by atoms with E-state index >= 15 is 0 Å². The van der Waals surface area contributed by atoms with Gasteiger partial charge in [-0.2, -0.15) is 0 Å². The molecule has 0 radical (unpaired) electrons. The summed E-state index contributed by atoms with van der Waals surface area (Å²) in [5, 5.41) is 10.8. The summed E-state index contributed by atoms with van der Waals surface area (Å²) in [6.07, 6.45) is 3.38. The number of aliphatic imine (C=N–C) groups is 1. The maximum Gasteiger partial charge on any atom is 0.318 e. The summed E-state index contributed by atoms with van der Waals surface area (Å²) < 4.78 is 19.4. The maximum atomic E-state index is 13.7. The molecular weight excluding hydrogens is 313 g/mol. The standard InChI is InChI=1S/C16H16FN5O2/c17-10-4-5-12-11(8-10)14(18-9-13(23)19-12)15-20-21-16(24-15)22-6-2-1-3-7-22/h4-5,8H,1-3,6-7,9H2,(H,19,23). The first kappa shape index (κ1) is 14.8. The van der Waals surface area contributed by atoms with E-state index in [0.29, 0.717) is 23.0 Å². The van der Waals surface area contributed by atoms with Crippen molar-refractivity contribution < 1.29 is 13.6 Å². The third-order valence-corrected chi connectivity index (χ3v) is 4.14. The Morgan fingerprint density at radius 3 is 2.83 bits per heavy atom. The van der Waals surface area contributed by atoms with E-state index in [2.05, 4.69) is 20.5 Å². The predicted molar refractivity (Wildman–Crippen MR) is 85.9 cm³/mol. The molecule has 2 aromatic rings. The molecule has 24 heavy (non-hydrogen) atoms. The second-order valence-electron chi connectivity index (χ2n) is 5.84. The summed E-state index contributed by atoms with van der Waals surface area (Å²) in [6, 6.07) is 4.54. The number of benzodiazepines with no additional fused rings is 1. The lowest BCUT2D eigenvalue weighted by Crippen LogP contribution is -2.29. The van der Waals surface area contributed by atoms with Gasteiger partial charge in [0.25, 0.3) is 5.89 Å². The Kier molecular flexibility index (Phi) is 3.72. The molecule has 1 aromatic carbocycles. The lowest BCUT2D eigenvalue weighted by Gasteiger charge is -2.24. The van der Waals surface area contributed by atoms with Crippen molar-refractivity contribution in [2.75, 3.05) is 29.9 Å². The van der Waals surface area contributed by atoms with Crippen molar-refractivity contribution >= 4 is 23.3 Å². The number of piperidine rings is 1. The SMILES string of the molecule is O=C1CN=C(c2nnc(N3CCCCC3)o2)c2cc(F)ccc2N1. The highest BCUT2D eigenvalue weighted by Crippen LogP contribution is 2.25. The number of nitrogens with zero attached hydrogens (tertiary/aromatic N) is 4. The Bertz CT molecular complexity index is 811. The zero-order chi connectivity index (χ0) is 16.5. The van der Waals surface area contributed by atoms with Crippen LogP contribution in [-0.4, -0.2) is 41.5 Å². The normalized spacial score (nSPS) is 17.8. The molecule has 1 N–H and O–H groups in total. The average molecular weight is 329 g/mol. The van der Waals surface area contributed by atoms with Gasteiger partial charge in [0.15, 0.2) is 0 Å². The second-order valence-corrected chi connectivity index (χ2v) is 5.84. The summed E-state index contributed by atoms with van der Waals surface area (Å²) >= 11 is 0. The van der Waals surface area contributed by atoms with Crippen LogP contribution < -0.4 is 10.2 Å². The van der Waals surface area contributed by atoms with Gasteiger partial charge in [-0.05, 0) is 37.5 Å². The van der Waals surface area contributed by atoms with Crippen LogP contribution in [0.15, 0.2) is 27.6 Å². The van der Waals surface area contributed by atoms with Crippen LogP contribution in [0.1, 0.15) is 30.7 Å². The fraction of sp³-hybridized carbons (Fsp3) is 0.375. The molecule has 0 bridgehead atoms. The van der Waals surface area contributed by atoms with Gasteiger partial charge in [-0.1, -0.05) is 5.10 Å². The van der Waals surface area contributed by atoms with Crippen LogP contribution in [0.25, 0.3) is 0 Å². The molecule has 0 aliphatic carbocycles. The molecule has 8 heteroatoms. The van der Waals surface area contributed by atoms with Crippen LogP contribution in [0.2, 0.25) is 0 Å². The largest absolute Gasteiger partial charge is 0.402 e. The topological polar surface area (TPSA) is 83.6 Å². The van der Waals surface area contributed by atoms with E-state index in [1.54, 1.807) is 0 Å². The molecule has 0 saturated carbocycles. The van der Waals surface area contributed by atoms with Gasteiger partial charge >= 0.3 is 6.01 Å². The summed E-state index contributed by atoms with van der Waals surface area (Å²) in [6.45, 7) is 1.67. The lowest BCUT2D eigenvalue weighted by molar-refractivity contribution is -0.114. The van der Waals surface area contributed by atoms with Crippen molar-refractivity contribution in [3.05, 3.63) is 35.5 Å². The van der Waals surface area contributed by atoms with E-state index in [9.17, 15) is 9.18 Å². The molecular formula is C16H16FN5O2. The third-order valence-electron chi connectivity index (χ3n) is 4.14. The minimum Gasteiger partial charge on any atom is -0.402 e. The Hall–Kier alpha value is -2.77. The quantitative estimate of drug-likeness (QED) is 0.911. The highest BCUT2D eigenvalue weighted by atomic mass is 19.1. The molecule has 4 rings (SSSR count). The number of benzene rings is 1. The Morgan fingerprint density at radius 2 is 2.00 bits per heavy atom. The third kappa shape index (κ3) is 2.75. The molecule has 0 spiro atoms. The number of carbonyl (C=O) groups excluding carboxylic acids is 1. The molecule has 7 nitrogen and oxygen atoms in total. The summed E-state index contributed by atoms with van der Waals surface area (Å²) in [5.74, 6) is -0.499. The zero-order valence-corrected chi connectivity index (χ0v) is 13.0. The van der Waals surface area contributed by atoms with Gasteiger partial charge in [-0.3, -0.25) is 9.79 Å². The predicted octanol–water partition coefficient (Wildman–Crippen LogP) is 1.99. The van der Waals surface area contributed by atoms with Crippen molar-refractivity contribution in [1.29, 1.82) is 0 Å². The molecule has 3 heterocycles. The number of nitrogens with one attached hydrogen (secondary N) is 1. The lowest BCUT2D eigenvalue weighted by atomic mass is 10.1. The minimum atomic E-state index is -0.423. The van der Waals surface area contributed by atoms with Crippen LogP contribution in [0.5, 0.6) is 0 Å². The number of amides is 1. The van der Waals surface area contributed by atoms with Gasteiger partial charge in [0.2, 0.25) is 5.91 Å². The van der Waals surface area contributed by atoms with E-state index < -0.39 is 5.82 Å². The van der Waals surface area contributed by atoms with E-state index in [0.717, 1.165) is 25.9 Å². The molecule has 1 fully saturated rings. The van der Waals surface area contributed by atoms with Gasteiger partial charge < -0.3 is 14.6 Å². The summed E-state index contributed by atoms with van der Waals surface area (Å²) in [5.41, 5.74) is 1.25.